The summed E-state index contributed by atoms with van der Waals surface area (Å²) >= 11 is 6.34. The lowest BCUT2D eigenvalue weighted by Gasteiger charge is -2.25. The van der Waals surface area contributed by atoms with E-state index in [-0.39, 0.29) is 30.7 Å². The average Bonchev–Trinajstić information content (AvgIpc) is 2.93. The molecule has 0 spiro atoms. The number of carbonyl (C=O) groups is 3. The first-order valence-electron chi connectivity index (χ1n) is 9.13. The summed E-state index contributed by atoms with van der Waals surface area (Å²) in [6, 6.07) is 12.8. The van der Waals surface area contributed by atoms with Crippen LogP contribution in [0.2, 0.25) is 5.02 Å². The molecule has 0 radical (unpaired) electrons. The fourth-order valence-electron chi connectivity index (χ4n) is 3.40. The van der Waals surface area contributed by atoms with E-state index >= 15 is 0 Å². The number of hydrogen-bond donors (Lipinski definition) is 2. The van der Waals surface area contributed by atoms with Crippen LogP contribution in [0.15, 0.2) is 54.1 Å². The van der Waals surface area contributed by atoms with E-state index in [0.717, 1.165) is 5.56 Å². The monoisotopic (exact) mass is 413 g/mol. The molecule has 1 aliphatic heterocycles. The van der Waals surface area contributed by atoms with Crippen molar-refractivity contribution in [2.45, 2.75) is 25.8 Å². The van der Waals surface area contributed by atoms with Crippen molar-refractivity contribution in [1.82, 2.24) is 4.90 Å². The second-order valence-electron chi connectivity index (χ2n) is 6.88. The zero-order valence-electron chi connectivity index (χ0n) is 15.8. The summed E-state index contributed by atoms with van der Waals surface area (Å²) in [6.45, 7) is 1.95. The number of carbonyl (C=O) groups excluding carboxylic acids is 2. The topological polar surface area (TPSA) is 94.9 Å². The highest BCUT2D eigenvalue weighted by molar-refractivity contribution is 6.47. The van der Waals surface area contributed by atoms with Crippen LogP contribution >= 0.6 is 11.6 Å². The van der Waals surface area contributed by atoms with E-state index in [4.69, 9.17) is 16.7 Å². The van der Waals surface area contributed by atoms with Gasteiger partial charge < -0.3 is 15.1 Å². The van der Waals surface area contributed by atoms with E-state index < -0.39 is 23.7 Å². The molecule has 1 heterocycles. The summed E-state index contributed by atoms with van der Waals surface area (Å²) in [5.74, 6) is -2.87. The molecule has 0 saturated carbocycles. The van der Waals surface area contributed by atoms with Crippen LogP contribution in [0.1, 0.15) is 35.6 Å². The Labute approximate surface area is 173 Å². The number of ketones is 1. The molecule has 0 aliphatic carbocycles. The van der Waals surface area contributed by atoms with Crippen molar-refractivity contribution in [1.29, 1.82) is 0 Å². The Bertz CT molecular complexity index is 997. The molecule has 2 N–H and O–H groups in total. The highest BCUT2D eigenvalue weighted by Crippen LogP contribution is 2.41. The molecule has 2 aromatic rings. The Morgan fingerprint density at radius 3 is 2.34 bits per heavy atom. The first-order valence-corrected chi connectivity index (χ1v) is 9.50. The molecular formula is C22H20ClNO5. The lowest BCUT2D eigenvalue weighted by Crippen LogP contribution is -2.31. The number of Topliss-reactive ketones (excluding diaryl/α,β-unsaturated/α-hetero) is 1. The molecular weight excluding hydrogens is 394 g/mol. The fraction of sp³-hybridized carbons (Fsp3) is 0.227. The van der Waals surface area contributed by atoms with Crippen LogP contribution in [0.3, 0.4) is 0 Å². The van der Waals surface area contributed by atoms with E-state index in [1.807, 2.05) is 6.92 Å². The maximum Gasteiger partial charge on any atom is 0.303 e. The normalized spacial score (nSPS) is 18.3. The van der Waals surface area contributed by atoms with Crippen molar-refractivity contribution in [2.24, 2.45) is 0 Å². The first-order chi connectivity index (χ1) is 13.8. The molecule has 1 unspecified atom stereocenters. The number of aryl methyl sites for hydroxylation is 1. The van der Waals surface area contributed by atoms with Gasteiger partial charge in [-0.1, -0.05) is 59.6 Å². The second-order valence-corrected chi connectivity index (χ2v) is 7.28. The second kappa shape index (κ2) is 8.49. The maximum absolute atomic E-state index is 12.8. The number of hydrogen-bond acceptors (Lipinski definition) is 4. The van der Waals surface area contributed by atoms with Gasteiger partial charge in [-0.15, -0.1) is 0 Å². The Hall–Kier alpha value is -3.12. The molecule has 3 rings (SSSR count). The van der Waals surface area contributed by atoms with E-state index in [9.17, 15) is 19.5 Å². The summed E-state index contributed by atoms with van der Waals surface area (Å²) in [5.41, 5.74) is 1.84. The number of rotatable bonds is 6. The smallest absolute Gasteiger partial charge is 0.303 e. The van der Waals surface area contributed by atoms with E-state index in [1.165, 1.54) is 4.90 Å². The molecule has 1 amide bonds. The third-order valence-electron chi connectivity index (χ3n) is 4.85. The van der Waals surface area contributed by atoms with Gasteiger partial charge >= 0.3 is 5.97 Å². The first kappa shape index (κ1) is 20.6. The number of carboxylic acids is 1. The van der Waals surface area contributed by atoms with Gasteiger partial charge in [0.1, 0.15) is 5.76 Å². The third-order valence-corrected chi connectivity index (χ3v) is 5.20. The van der Waals surface area contributed by atoms with E-state index in [1.54, 1.807) is 48.5 Å². The minimum atomic E-state index is -0.990. The van der Waals surface area contributed by atoms with Crippen LogP contribution in [-0.2, 0) is 14.4 Å². The number of aliphatic hydroxyl groups excluding tert-OH is 1. The zero-order valence-corrected chi connectivity index (χ0v) is 16.5. The predicted octanol–water partition coefficient (Wildman–Crippen LogP) is 3.93. The number of benzene rings is 2. The van der Waals surface area contributed by atoms with Crippen LogP contribution < -0.4 is 0 Å². The van der Waals surface area contributed by atoms with Gasteiger partial charge in [-0.05, 0) is 25.0 Å². The number of aliphatic hydroxyl groups is 1. The van der Waals surface area contributed by atoms with Crippen LogP contribution in [0.4, 0.5) is 0 Å². The lowest BCUT2D eigenvalue weighted by atomic mass is 9.95. The summed E-state index contributed by atoms with van der Waals surface area (Å²) in [4.78, 5) is 37.7. The molecule has 6 nitrogen and oxygen atoms in total. The SMILES string of the molecule is Cc1ccc(/C(O)=C2/C(=O)C(=O)N(CCCC(=O)O)C2c2ccccc2Cl)cc1. The van der Waals surface area contributed by atoms with Crippen molar-refractivity contribution < 1.29 is 24.6 Å². The molecule has 1 aliphatic rings. The van der Waals surface area contributed by atoms with E-state index in [2.05, 4.69) is 0 Å². The van der Waals surface area contributed by atoms with Crippen molar-refractivity contribution in [3.05, 3.63) is 75.8 Å². The third kappa shape index (κ3) is 4.17. The number of aliphatic carboxylic acids is 1. The van der Waals surface area contributed by atoms with Crippen molar-refractivity contribution in [2.75, 3.05) is 6.54 Å². The van der Waals surface area contributed by atoms with Crippen molar-refractivity contribution in [3.8, 4) is 0 Å². The van der Waals surface area contributed by atoms with Crippen molar-refractivity contribution in [3.63, 3.8) is 0 Å². The van der Waals surface area contributed by atoms with Crippen LogP contribution in [0.25, 0.3) is 5.76 Å². The molecule has 0 bridgehead atoms. The van der Waals surface area contributed by atoms with Gasteiger partial charge in [-0.3, -0.25) is 14.4 Å². The van der Waals surface area contributed by atoms with Gasteiger partial charge in [0.2, 0.25) is 0 Å². The van der Waals surface area contributed by atoms with Gasteiger partial charge in [0, 0.05) is 23.6 Å². The minimum Gasteiger partial charge on any atom is -0.507 e. The highest BCUT2D eigenvalue weighted by atomic mass is 35.5. The van der Waals surface area contributed by atoms with E-state index in [0.29, 0.717) is 16.1 Å². The Morgan fingerprint density at radius 2 is 1.72 bits per heavy atom. The van der Waals surface area contributed by atoms with Gasteiger partial charge in [-0.25, -0.2) is 0 Å². The van der Waals surface area contributed by atoms with Gasteiger partial charge in [-0.2, -0.15) is 0 Å². The maximum atomic E-state index is 12.8. The molecule has 29 heavy (non-hydrogen) atoms. The van der Waals surface area contributed by atoms with Crippen molar-refractivity contribution >= 4 is 35.0 Å². The Morgan fingerprint density at radius 1 is 1.07 bits per heavy atom. The highest BCUT2D eigenvalue weighted by Gasteiger charge is 2.46. The summed E-state index contributed by atoms with van der Waals surface area (Å²) in [7, 11) is 0. The molecule has 150 valence electrons. The molecule has 1 fully saturated rings. The molecule has 2 aromatic carbocycles. The van der Waals surface area contributed by atoms with Gasteiger partial charge in [0.15, 0.2) is 0 Å². The molecule has 1 saturated heterocycles. The largest absolute Gasteiger partial charge is 0.507 e. The molecule has 0 aromatic heterocycles. The van der Waals surface area contributed by atoms with Gasteiger partial charge in [0.05, 0.1) is 11.6 Å². The minimum absolute atomic E-state index is 0.0530. The molecule has 7 heteroatoms. The van der Waals surface area contributed by atoms with Crippen LogP contribution in [0.5, 0.6) is 0 Å². The number of halogens is 1. The zero-order chi connectivity index (χ0) is 21.1. The fourth-order valence-corrected chi connectivity index (χ4v) is 3.64. The number of carboxylic acid groups (broad SMARTS) is 1. The summed E-state index contributed by atoms with van der Waals surface area (Å²) in [6.07, 6.45) is 0.0318. The quantitative estimate of drug-likeness (QED) is 0.425. The van der Waals surface area contributed by atoms with Gasteiger partial charge in [0.25, 0.3) is 11.7 Å². The average molecular weight is 414 g/mol. The summed E-state index contributed by atoms with van der Waals surface area (Å²) < 4.78 is 0. The van der Waals surface area contributed by atoms with Crippen LogP contribution in [0, 0.1) is 6.92 Å². The molecule has 1 atom stereocenters. The Balaban J connectivity index is 2.12. The predicted molar refractivity (Wildman–Crippen MR) is 109 cm³/mol. The van der Waals surface area contributed by atoms with Crippen LogP contribution in [-0.4, -0.2) is 39.3 Å². The number of likely N-dealkylation sites (tertiary alicyclic amines) is 1. The lowest BCUT2D eigenvalue weighted by molar-refractivity contribution is -0.140. The number of amides is 1. The Kier molecular flexibility index (Phi) is 6.03. The number of nitrogens with zero attached hydrogens (tertiary/aromatic N) is 1. The standard InChI is InChI=1S/C22H20ClNO5/c1-13-8-10-14(11-9-13)20(27)18-19(15-5-2-3-6-16(15)23)24(22(29)21(18)28)12-4-7-17(25)26/h2-3,5-6,8-11,19,27H,4,7,12H2,1H3,(H,25,26)/b20-18-. The summed E-state index contributed by atoms with van der Waals surface area (Å²) in [5, 5.41) is 20.1.